The highest BCUT2D eigenvalue weighted by Gasteiger charge is 2.32. The molecule has 1 aliphatic rings. The number of hydrogen-bond donors (Lipinski definition) is 1. The summed E-state index contributed by atoms with van der Waals surface area (Å²) < 4.78 is 20.6. The Labute approximate surface area is 105 Å². The van der Waals surface area contributed by atoms with Gasteiger partial charge in [0, 0.05) is 24.8 Å². The predicted octanol–water partition coefficient (Wildman–Crippen LogP) is 2.28. The monoisotopic (exact) mass is 249 g/mol. The van der Waals surface area contributed by atoms with E-state index in [0.717, 1.165) is 31.6 Å². The molecule has 3 rings (SSSR count). The number of anilines is 1. The average Bonchev–Trinajstić information content (AvgIpc) is 2.65. The van der Waals surface area contributed by atoms with Crippen molar-refractivity contribution >= 4 is 17.0 Å². The Morgan fingerprint density at radius 3 is 2.83 bits per heavy atom. The fourth-order valence-electron chi connectivity index (χ4n) is 2.67. The van der Waals surface area contributed by atoms with Gasteiger partial charge in [-0.2, -0.15) is 0 Å². The molecule has 0 spiro atoms. The van der Waals surface area contributed by atoms with E-state index in [2.05, 4.69) is 11.9 Å². The first-order valence-corrected chi connectivity index (χ1v) is 6.12. The van der Waals surface area contributed by atoms with Crippen molar-refractivity contribution < 1.29 is 9.13 Å². The van der Waals surface area contributed by atoms with Gasteiger partial charge in [-0.05, 0) is 31.9 Å². The average molecular weight is 249 g/mol. The lowest BCUT2D eigenvalue weighted by atomic mass is 9.92. The zero-order chi connectivity index (χ0) is 12.8. The van der Waals surface area contributed by atoms with Crippen molar-refractivity contribution in [1.29, 1.82) is 0 Å². The third-order valence-electron chi connectivity index (χ3n) is 3.75. The number of ether oxygens (including phenoxy) is 1. The molecule has 1 aromatic heterocycles. The molecule has 0 aliphatic carbocycles. The number of benzene rings is 1. The number of fused-ring (bicyclic) bond motifs is 1. The van der Waals surface area contributed by atoms with Crippen molar-refractivity contribution in [3.05, 3.63) is 24.0 Å². The van der Waals surface area contributed by atoms with Crippen LogP contribution in [-0.4, -0.2) is 22.8 Å². The summed E-state index contributed by atoms with van der Waals surface area (Å²) >= 11 is 0. The number of aromatic nitrogens is 2. The Kier molecular flexibility index (Phi) is 2.52. The first kappa shape index (κ1) is 11.5. The van der Waals surface area contributed by atoms with Crippen LogP contribution in [0.25, 0.3) is 11.0 Å². The second-order valence-electron chi connectivity index (χ2n) is 5.05. The fourth-order valence-corrected chi connectivity index (χ4v) is 2.67. The van der Waals surface area contributed by atoms with Gasteiger partial charge >= 0.3 is 0 Å². The minimum Gasteiger partial charge on any atom is -0.381 e. The molecule has 2 heterocycles. The summed E-state index contributed by atoms with van der Waals surface area (Å²) in [5.41, 5.74) is 7.40. The number of rotatable bonds is 1. The van der Waals surface area contributed by atoms with E-state index in [1.54, 1.807) is 6.07 Å². The number of imidazole rings is 1. The molecule has 0 unspecified atom stereocenters. The van der Waals surface area contributed by atoms with Crippen molar-refractivity contribution in [3.63, 3.8) is 0 Å². The number of hydrogen-bond acceptors (Lipinski definition) is 3. The fraction of sp³-hybridized carbons (Fsp3) is 0.462. The van der Waals surface area contributed by atoms with E-state index in [1.165, 1.54) is 12.1 Å². The van der Waals surface area contributed by atoms with Crippen molar-refractivity contribution in [3.8, 4) is 0 Å². The molecule has 96 valence electrons. The van der Waals surface area contributed by atoms with Crippen LogP contribution in [0.5, 0.6) is 0 Å². The molecule has 0 radical (unpaired) electrons. The van der Waals surface area contributed by atoms with E-state index >= 15 is 0 Å². The quantitative estimate of drug-likeness (QED) is 0.843. The molecule has 18 heavy (non-hydrogen) atoms. The minimum absolute atomic E-state index is 0.102. The first-order valence-electron chi connectivity index (χ1n) is 6.12. The third kappa shape index (κ3) is 1.66. The highest BCUT2D eigenvalue weighted by molar-refractivity contribution is 5.78. The van der Waals surface area contributed by atoms with Gasteiger partial charge in [-0.1, -0.05) is 0 Å². The van der Waals surface area contributed by atoms with E-state index in [-0.39, 0.29) is 11.4 Å². The van der Waals surface area contributed by atoms with Crippen LogP contribution in [-0.2, 0) is 10.3 Å². The van der Waals surface area contributed by atoms with E-state index in [9.17, 15) is 4.39 Å². The van der Waals surface area contributed by atoms with Crippen molar-refractivity contribution in [2.24, 2.45) is 0 Å². The van der Waals surface area contributed by atoms with Crippen LogP contribution in [0.15, 0.2) is 18.2 Å². The van der Waals surface area contributed by atoms with Gasteiger partial charge in [-0.3, -0.25) is 0 Å². The molecule has 1 fully saturated rings. The summed E-state index contributed by atoms with van der Waals surface area (Å²) in [6, 6.07) is 4.61. The molecule has 0 atom stereocenters. The highest BCUT2D eigenvalue weighted by Crippen LogP contribution is 2.34. The first-order chi connectivity index (χ1) is 8.60. The minimum atomic E-state index is -0.288. The molecule has 4 nitrogen and oxygen atoms in total. The molecule has 0 saturated carbocycles. The van der Waals surface area contributed by atoms with Gasteiger partial charge < -0.3 is 15.0 Å². The van der Waals surface area contributed by atoms with E-state index in [1.807, 2.05) is 4.57 Å². The topological polar surface area (TPSA) is 53.1 Å². The van der Waals surface area contributed by atoms with Gasteiger partial charge in [0.15, 0.2) is 0 Å². The summed E-state index contributed by atoms with van der Waals surface area (Å²) in [6.45, 7) is 3.59. The summed E-state index contributed by atoms with van der Waals surface area (Å²) in [7, 11) is 0. The molecule has 5 heteroatoms. The molecule has 1 aliphatic heterocycles. The second-order valence-corrected chi connectivity index (χ2v) is 5.05. The van der Waals surface area contributed by atoms with Gasteiger partial charge in [0.25, 0.3) is 0 Å². The van der Waals surface area contributed by atoms with Crippen molar-refractivity contribution in [2.75, 3.05) is 18.9 Å². The van der Waals surface area contributed by atoms with Gasteiger partial charge in [0.05, 0.1) is 11.0 Å². The Morgan fingerprint density at radius 1 is 1.39 bits per heavy atom. The maximum absolute atomic E-state index is 13.2. The van der Waals surface area contributed by atoms with Gasteiger partial charge in [-0.25, -0.2) is 9.37 Å². The van der Waals surface area contributed by atoms with Crippen LogP contribution >= 0.6 is 0 Å². The zero-order valence-corrected chi connectivity index (χ0v) is 10.3. The van der Waals surface area contributed by atoms with Gasteiger partial charge in [-0.15, -0.1) is 0 Å². The second kappa shape index (κ2) is 3.95. The molecule has 0 bridgehead atoms. The third-order valence-corrected chi connectivity index (χ3v) is 3.75. The normalized spacial score (nSPS) is 19.2. The van der Waals surface area contributed by atoms with E-state index in [4.69, 9.17) is 10.5 Å². The largest absolute Gasteiger partial charge is 0.381 e. The van der Waals surface area contributed by atoms with E-state index in [0.29, 0.717) is 11.5 Å². The van der Waals surface area contributed by atoms with Crippen LogP contribution < -0.4 is 5.73 Å². The van der Waals surface area contributed by atoms with Gasteiger partial charge in [0.1, 0.15) is 5.82 Å². The summed E-state index contributed by atoms with van der Waals surface area (Å²) in [5.74, 6) is 0.157. The lowest BCUT2D eigenvalue weighted by Gasteiger charge is -2.36. The highest BCUT2D eigenvalue weighted by atomic mass is 19.1. The Hall–Kier alpha value is -1.62. The smallest absolute Gasteiger partial charge is 0.201 e. The van der Waals surface area contributed by atoms with Crippen LogP contribution in [0, 0.1) is 5.82 Å². The number of halogens is 1. The predicted molar refractivity (Wildman–Crippen MR) is 67.8 cm³/mol. The van der Waals surface area contributed by atoms with Crippen LogP contribution in [0.2, 0.25) is 0 Å². The van der Waals surface area contributed by atoms with Crippen LogP contribution in [0.3, 0.4) is 0 Å². The SMILES string of the molecule is CC1(n2c(N)nc3cc(F)ccc32)CCOCC1. The molecule has 0 amide bonds. The Morgan fingerprint density at radius 2 is 2.11 bits per heavy atom. The molecular formula is C13H16FN3O. The standard InChI is InChI=1S/C13H16FN3O/c1-13(4-6-18-7-5-13)17-11-3-2-9(14)8-10(11)16-12(17)15/h2-3,8H,4-7H2,1H3,(H2,15,16). The van der Waals surface area contributed by atoms with E-state index < -0.39 is 0 Å². The number of nitrogen functional groups attached to an aromatic ring is 1. The molecule has 2 N–H and O–H groups in total. The number of nitrogens with two attached hydrogens (primary N) is 1. The zero-order valence-electron chi connectivity index (χ0n) is 10.3. The Balaban J connectivity index is 2.18. The molecule has 1 aromatic carbocycles. The summed E-state index contributed by atoms with van der Waals surface area (Å²) in [6.07, 6.45) is 1.78. The maximum atomic E-state index is 13.2. The molecule has 2 aromatic rings. The maximum Gasteiger partial charge on any atom is 0.201 e. The summed E-state index contributed by atoms with van der Waals surface area (Å²) in [5, 5.41) is 0. The van der Waals surface area contributed by atoms with Crippen molar-refractivity contribution in [2.45, 2.75) is 25.3 Å². The Bertz CT molecular complexity index is 587. The lowest BCUT2D eigenvalue weighted by molar-refractivity contribution is 0.0320. The van der Waals surface area contributed by atoms with Crippen LogP contribution in [0.1, 0.15) is 19.8 Å². The lowest BCUT2D eigenvalue weighted by Crippen LogP contribution is -2.37. The van der Waals surface area contributed by atoms with Gasteiger partial charge in [0.2, 0.25) is 5.95 Å². The molecular weight excluding hydrogens is 233 g/mol. The number of nitrogens with zero attached hydrogens (tertiary/aromatic N) is 2. The van der Waals surface area contributed by atoms with Crippen molar-refractivity contribution in [1.82, 2.24) is 9.55 Å². The molecule has 1 saturated heterocycles. The van der Waals surface area contributed by atoms with Crippen LogP contribution in [0.4, 0.5) is 10.3 Å². The summed E-state index contributed by atoms with van der Waals surface area (Å²) in [4.78, 5) is 4.25.